The van der Waals surface area contributed by atoms with Gasteiger partial charge in [0.15, 0.2) is 0 Å². The van der Waals surface area contributed by atoms with Gasteiger partial charge in [0.1, 0.15) is 0 Å². The first-order chi connectivity index (χ1) is 9.62. The molecule has 0 heterocycles. The van der Waals surface area contributed by atoms with Crippen LogP contribution in [0.15, 0.2) is 0 Å². The number of nitrogens with zero attached hydrogens (tertiary/aromatic N) is 1. The predicted molar refractivity (Wildman–Crippen MR) is 81.3 cm³/mol. The topological polar surface area (TPSA) is 15.3 Å². The molecule has 0 aromatic heterocycles. The van der Waals surface area contributed by atoms with Crippen molar-refractivity contribution in [3.05, 3.63) is 0 Å². The third-order valence-corrected chi connectivity index (χ3v) is 4.44. The number of nitrogens with one attached hydrogen (secondary N) is 1. The number of rotatable bonds is 7. The molecule has 2 nitrogen and oxygen atoms in total. The standard InChI is InChI=1S/C16H31F3N2/c1-13(2)9-20-10-15(7-5-14(3)6-8-15)11-21(4)12-16(17,18)19/h13-14,20H,5-12H2,1-4H3. The number of halogens is 3. The van der Waals surface area contributed by atoms with E-state index in [1.54, 1.807) is 7.05 Å². The molecule has 0 amide bonds. The Hall–Kier alpha value is -0.290. The van der Waals surface area contributed by atoms with Crippen molar-refractivity contribution in [2.24, 2.45) is 17.3 Å². The molecule has 0 bridgehead atoms. The summed E-state index contributed by atoms with van der Waals surface area (Å²) in [5.74, 6) is 1.27. The van der Waals surface area contributed by atoms with E-state index in [4.69, 9.17) is 0 Å². The molecule has 1 fully saturated rings. The molecule has 1 aliphatic rings. The third-order valence-electron chi connectivity index (χ3n) is 4.44. The highest BCUT2D eigenvalue weighted by Crippen LogP contribution is 2.39. The lowest BCUT2D eigenvalue weighted by Crippen LogP contribution is -2.47. The summed E-state index contributed by atoms with van der Waals surface area (Å²) in [7, 11) is 1.59. The van der Waals surface area contributed by atoms with Crippen molar-refractivity contribution >= 4 is 0 Å². The maximum Gasteiger partial charge on any atom is 0.401 e. The van der Waals surface area contributed by atoms with Crippen LogP contribution < -0.4 is 5.32 Å². The lowest BCUT2D eigenvalue weighted by Gasteiger charge is -2.42. The first kappa shape index (κ1) is 18.8. The molecular weight excluding hydrogens is 277 g/mol. The first-order valence-electron chi connectivity index (χ1n) is 8.08. The fraction of sp³-hybridized carbons (Fsp3) is 1.00. The fourth-order valence-corrected chi connectivity index (χ4v) is 3.33. The molecule has 1 rings (SSSR count). The summed E-state index contributed by atoms with van der Waals surface area (Å²) in [5, 5.41) is 3.47. The van der Waals surface area contributed by atoms with Gasteiger partial charge in [0.05, 0.1) is 6.54 Å². The Labute approximate surface area is 127 Å². The highest BCUT2D eigenvalue weighted by Gasteiger charge is 2.37. The van der Waals surface area contributed by atoms with Crippen molar-refractivity contribution in [1.29, 1.82) is 0 Å². The van der Waals surface area contributed by atoms with Crippen LogP contribution >= 0.6 is 0 Å². The Morgan fingerprint density at radius 2 is 1.81 bits per heavy atom. The van der Waals surface area contributed by atoms with E-state index in [0.717, 1.165) is 38.8 Å². The molecule has 0 aromatic carbocycles. The second-order valence-corrected chi connectivity index (χ2v) is 7.49. The molecule has 21 heavy (non-hydrogen) atoms. The first-order valence-corrected chi connectivity index (χ1v) is 8.08. The highest BCUT2D eigenvalue weighted by atomic mass is 19.4. The van der Waals surface area contributed by atoms with E-state index in [1.165, 1.54) is 4.90 Å². The summed E-state index contributed by atoms with van der Waals surface area (Å²) >= 11 is 0. The van der Waals surface area contributed by atoms with Crippen molar-refractivity contribution in [2.45, 2.75) is 52.6 Å². The van der Waals surface area contributed by atoms with Crippen molar-refractivity contribution in [3.8, 4) is 0 Å². The minimum atomic E-state index is -4.11. The van der Waals surface area contributed by atoms with Gasteiger partial charge in [-0.1, -0.05) is 33.6 Å². The summed E-state index contributed by atoms with van der Waals surface area (Å²) in [4.78, 5) is 1.45. The molecule has 0 radical (unpaired) electrons. The molecule has 1 aliphatic carbocycles. The normalized spacial score (nSPS) is 27.6. The molecule has 0 unspecified atom stereocenters. The van der Waals surface area contributed by atoms with Crippen molar-refractivity contribution in [2.75, 3.05) is 33.2 Å². The van der Waals surface area contributed by atoms with Gasteiger partial charge in [-0.25, -0.2) is 0 Å². The Kier molecular flexibility index (Phi) is 6.98. The Morgan fingerprint density at radius 3 is 2.29 bits per heavy atom. The lowest BCUT2D eigenvalue weighted by atomic mass is 9.70. The maximum absolute atomic E-state index is 12.5. The lowest BCUT2D eigenvalue weighted by molar-refractivity contribution is -0.146. The molecule has 126 valence electrons. The quantitative estimate of drug-likeness (QED) is 0.767. The highest BCUT2D eigenvalue weighted by molar-refractivity contribution is 4.89. The third kappa shape index (κ3) is 7.50. The molecular formula is C16H31F3N2. The van der Waals surface area contributed by atoms with Gasteiger partial charge < -0.3 is 5.32 Å². The fourth-order valence-electron chi connectivity index (χ4n) is 3.33. The van der Waals surface area contributed by atoms with Crippen LogP contribution in [0, 0.1) is 17.3 Å². The van der Waals surface area contributed by atoms with Gasteiger partial charge in [0.25, 0.3) is 0 Å². The SMILES string of the molecule is CC(C)CNCC1(CN(C)CC(F)(F)F)CCC(C)CC1. The zero-order valence-electron chi connectivity index (χ0n) is 13.9. The average molecular weight is 308 g/mol. The second kappa shape index (κ2) is 7.82. The molecule has 0 atom stereocenters. The van der Waals surface area contributed by atoms with Crippen LogP contribution in [0.5, 0.6) is 0 Å². The Balaban J connectivity index is 2.59. The Bertz CT molecular complexity index is 294. The zero-order chi connectivity index (χ0) is 16.1. The summed E-state index contributed by atoms with van der Waals surface area (Å²) in [6.07, 6.45) is 0.207. The monoisotopic (exact) mass is 308 g/mol. The van der Waals surface area contributed by atoms with Crippen LogP contribution in [-0.4, -0.2) is 44.3 Å². The Morgan fingerprint density at radius 1 is 1.24 bits per heavy atom. The van der Waals surface area contributed by atoms with Gasteiger partial charge in [-0.2, -0.15) is 13.2 Å². The molecule has 0 spiro atoms. The van der Waals surface area contributed by atoms with Crippen LogP contribution in [0.3, 0.4) is 0 Å². The van der Waals surface area contributed by atoms with Crippen molar-refractivity contribution in [3.63, 3.8) is 0 Å². The largest absolute Gasteiger partial charge is 0.401 e. The molecule has 1 saturated carbocycles. The van der Waals surface area contributed by atoms with E-state index in [-0.39, 0.29) is 5.41 Å². The number of hydrogen-bond donors (Lipinski definition) is 1. The van der Waals surface area contributed by atoms with E-state index in [1.807, 2.05) is 0 Å². The maximum atomic E-state index is 12.5. The minimum Gasteiger partial charge on any atom is -0.316 e. The molecule has 0 aliphatic heterocycles. The summed E-state index contributed by atoms with van der Waals surface area (Å²) in [6, 6.07) is 0. The number of hydrogen-bond acceptors (Lipinski definition) is 2. The zero-order valence-corrected chi connectivity index (χ0v) is 13.9. The van der Waals surface area contributed by atoms with Gasteiger partial charge in [-0.15, -0.1) is 0 Å². The van der Waals surface area contributed by atoms with Gasteiger partial charge >= 0.3 is 6.18 Å². The van der Waals surface area contributed by atoms with Crippen LogP contribution in [-0.2, 0) is 0 Å². The van der Waals surface area contributed by atoms with Crippen LogP contribution in [0.25, 0.3) is 0 Å². The van der Waals surface area contributed by atoms with Crippen LogP contribution in [0.4, 0.5) is 13.2 Å². The summed E-state index contributed by atoms with van der Waals surface area (Å²) in [6.45, 7) is 8.03. The minimum absolute atomic E-state index is 0.00139. The summed E-state index contributed by atoms with van der Waals surface area (Å²) in [5.41, 5.74) is 0.00139. The second-order valence-electron chi connectivity index (χ2n) is 7.49. The van der Waals surface area contributed by atoms with Gasteiger partial charge in [-0.05, 0) is 43.7 Å². The van der Waals surface area contributed by atoms with Crippen molar-refractivity contribution < 1.29 is 13.2 Å². The van der Waals surface area contributed by atoms with Gasteiger partial charge in [-0.3, -0.25) is 4.90 Å². The molecule has 0 aromatic rings. The van der Waals surface area contributed by atoms with E-state index < -0.39 is 12.7 Å². The smallest absolute Gasteiger partial charge is 0.316 e. The van der Waals surface area contributed by atoms with Gasteiger partial charge in [0.2, 0.25) is 0 Å². The number of alkyl halides is 3. The van der Waals surface area contributed by atoms with E-state index >= 15 is 0 Å². The summed E-state index contributed by atoms with van der Waals surface area (Å²) < 4.78 is 37.6. The van der Waals surface area contributed by atoms with Crippen LogP contribution in [0.2, 0.25) is 0 Å². The van der Waals surface area contributed by atoms with Gasteiger partial charge in [0, 0.05) is 13.1 Å². The average Bonchev–Trinajstić information content (AvgIpc) is 2.30. The van der Waals surface area contributed by atoms with E-state index in [2.05, 4.69) is 26.1 Å². The van der Waals surface area contributed by atoms with E-state index in [0.29, 0.717) is 18.4 Å². The molecule has 5 heteroatoms. The van der Waals surface area contributed by atoms with E-state index in [9.17, 15) is 13.2 Å². The molecule has 1 N–H and O–H groups in total. The van der Waals surface area contributed by atoms with Crippen LogP contribution in [0.1, 0.15) is 46.5 Å². The predicted octanol–water partition coefficient (Wildman–Crippen LogP) is 3.92. The molecule has 0 saturated heterocycles. The van der Waals surface area contributed by atoms with Crippen molar-refractivity contribution in [1.82, 2.24) is 10.2 Å².